The van der Waals surface area contributed by atoms with Gasteiger partial charge in [0.1, 0.15) is 0 Å². The first kappa shape index (κ1) is 15.1. The molecule has 20 heavy (non-hydrogen) atoms. The number of aliphatic carboxylic acids is 1. The van der Waals surface area contributed by atoms with Gasteiger partial charge in [-0.2, -0.15) is 0 Å². The van der Waals surface area contributed by atoms with E-state index in [0.717, 1.165) is 12.3 Å². The third-order valence-electron chi connectivity index (χ3n) is 4.87. The van der Waals surface area contributed by atoms with E-state index in [2.05, 4.69) is 19.2 Å². The van der Waals surface area contributed by atoms with Crippen LogP contribution >= 0.6 is 0 Å². The van der Waals surface area contributed by atoms with E-state index in [1.807, 2.05) is 0 Å². The van der Waals surface area contributed by atoms with Crippen LogP contribution in [0.4, 0.5) is 4.79 Å². The van der Waals surface area contributed by atoms with E-state index in [9.17, 15) is 9.59 Å². The van der Waals surface area contributed by atoms with Gasteiger partial charge in [0.15, 0.2) is 0 Å². The quantitative estimate of drug-likeness (QED) is 0.816. The van der Waals surface area contributed by atoms with Crippen LogP contribution < -0.4 is 5.32 Å². The summed E-state index contributed by atoms with van der Waals surface area (Å²) in [4.78, 5) is 24.9. The molecule has 0 aromatic rings. The topological polar surface area (TPSA) is 69.6 Å². The number of carbonyl (C=O) groups excluding carboxylic acids is 1. The van der Waals surface area contributed by atoms with Crippen molar-refractivity contribution in [1.82, 2.24) is 10.2 Å². The number of hydrogen-bond donors (Lipinski definition) is 2. The number of hydrogen-bond acceptors (Lipinski definition) is 2. The van der Waals surface area contributed by atoms with Crippen molar-refractivity contribution in [3.05, 3.63) is 0 Å². The Morgan fingerprint density at radius 3 is 2.30 bits per heavy atom. The summed E-state index contributed by atoms with van der Waals surface area (Å²) in [6, 6.07) is 0.260. The fraction of sp³-hybridized carbons (Fsp3) is 0.867. The van der Waals surface area contributed by atoms with Crippen LogP contribution in [0.5, 0.6) is 0 Å². The predicted molar refractivity (Wildman–Crippen MR) is 76.4 cm³/mol. The van der Waals surface area contributed by atoms with Gasteiger partial charge in [-0.1, -0.05) is 13.8 Å². The number of rotatable bonds is 2. The number of urea groups is 1. The molecule has 2 aliphatic rings. The summed E-state index contributed by atoms with van der Waals surface area (Å²) in [5.74, 6) is 0.261. The van der Waals surface area contributed by atoms with Crippen molar-refractivity contribution < 1.29 is 14.7 Å². The zero-order valence-corrected chi connectivity index (χ0v) is 12.5. The largest absolute Gasteiger partial charge is 0.481 e. The number of likely N-dealkylation sites (tertiary alicyclic amines) is 1. The molecule has 0 bridgehead atoms. The Balaban J connectivity index is 1.79. The molecule has 3 atom stereocenters. The maximum atomic E-state index is 12.2. The third-order valence-corrected chi connectivity index (χ3v) is 4.87. The lowest BCUT2D eigenvalue weighted by Gasteiger charge is -2.36. The highest BCUT2D eigenvalue weighted by atomic mass is 16.4. The monoisotopic (exact) mass is 282 g/mol. The SMILES string of the molecule is CC1CCC(NC(=O)N2CCC(C(=O)O)CC2)C(C)C1. The van der Waals surface area contributed by atoms with Gasteiger partial charge < -0.3 is 15.3 Å². The molecule has 1 aliphatic heterocycles. The van der Waals surface area contributed by atoms with Crippen LogP contribution in [-0.4, -0.2) is 41.1 Å². The van der Waals surface area contributed by atoms with Crippen molar-refractivity contribution in [1.29, 1.82) is 0 Å². The molecule has 5 nitrogen and oxygen atoms in total. The summed E-state index contributed by atoms with van der Waals surface area (Å²) in [6.45, 7) is 5.59. The maximum absolute atomic E-state index is 12.2. The second-order valence-corrected chi connectivity index (χ2v) is 6.55. The molecule has 5 heteroatoms. The normalized spacial score (nSPS) is 31.9. The van der Waals surface area contributed by atoms with Crippen LogP contribution in [0.3, 0.4) is 0 Å². The molecule has 2 amide bonds. The fourth-order valence-electron chi connectivity index (χ4n) is 3.46. The molecule has 2 N–H and O–H groups in total. The van der Waals surface area contributed by atoms with Crippen LogP contribution in [0.15, 0.2) is 0 Å². The molecule has 0 aromatic carbocycles. The minimum absolute atomic E-state index is 0.0137. The van der Waals surface area contributed by atoms with Crippen molar-refractivity contribution >= 4 is 12.0 Å². The van der Waals surface area contributed by atoms with Gasteiger partial charge in [-0.15, -0.1) is 0 Å². The van der Waals surface area contributed by atoms with E-state index in [1.54, 1.807) is 4.90 Å². The van der Waals surface area contributed by atoms with Gasteiger partial charge in [-0.05, 0) is 43.9 Å². The van der Waals surface area contributed by atoms with Crippen LogP contribution in [0, 0.1) is 17.8 Å². The first-order valence-corrected chi connectivity index (χ1v) is 7.75. The highest BCUT2D eigenvalue weighted by Crippen LogP contribution is 2.29. The Kier molecular flexibility index (Phi) is 4.89. The molecule has 1 saturated carbocycles. The molecule has 1 aliphatic carbocycles. The standard InChI is InChI=1S/C15H26N2O3/c1-10-3-4-13(11(2)9-10)16-15(20)17-7-5-12(6-8-17)14(18)19/h10-13H,3-9H2,1-2H3,(H,16,20)(H,18,19). The van der Waals surface area contributed by atoms with Gasteiger partial charge in [0.25, 0.3) is 0 Å². The summed E-state index contributed by atoms with van der Waals surface area (Å²) in [5.41, 5.74) is 0. The number of amides is 2. The first-order valence-electron chi connectivity index (χ1n) is 7.75. The van der Waals surface area contributed by atoms with E-state index >= 15 is 0 Å². The van der Waals surface area contributed by atoms with Crippen molar-refractivity contribution in [3.63, 3.8) is 0 Å². The molecule has 2 fully saturated rings. The van der Waals surface area contributed by atoms with E-state index < -0.39 is 5.97 Å². The molecular formula is C15H26N2O3. The molecule has 0 aromatic heterocycles. The molecule has 0 spiro atoms. The van der Waals surface area contributed by atoms with Gasteiger partial charge in [0.2, 0.25) is 0 Å². The Morgan fingerprint density at radius 2 is 1.75 bits per heavy atom. The number of carboxylic acid groups (broad SMARTS) is 1. The predicted octanol–water partition coefficient (Wildman–Crippen LogP) is 2.32. The van der Waals surface area contributed by atoms with E-state index in [1.165, 1.54) is 12.8 Å². The maximum Gasteiger partial charge on any atom is 0.317 e. The average molecular weight is 282 g/mol. The minimum atomic E-state index is -0.736. The second-order valence-electron chi connectivity index (χ2n) is 6.55. The van der Waals surface area contributed by atoms with Gasteiger partial charge in [0.05, 0.1) is 5.92 Å². The molecule has 2 rings (SSSR count). The summed E-state index contributed by atoms with van der Waals surface area (Å²) < 4.78 is 0. The lowest BCUT2D eigenvalue weighted by atomic mass is 9.80. The molecule has 1 heterocycles. The van der Waals surface area contributed by atoms with Crippen molar-refractivity contribution in [2.45, 2.75) is 52.0 Å². The smallest absolute Gasteiger partial charge is 0.317 e. The van der Waals surface area contributed by atoms with Crippen LogP contribution in [0.25, 0.3) is 0 Å². The zero-order chi connectivity index (χ0) is 14.7. The van der Waals surface area contributed by atoms with Gasteiger partial charge in [-0.25, -0.2) is 4.79 Å². The first-order chi connectivity index (χ1) is 9.47. The summed E-state index contributed by atoms with van der Waals surface area (Å²) >= 11 is 0. The van der Waals surface area contributed by atoms with Gasteiger partial charge in [-0.3, -0.25) is 4.79 Å². The van der Waals surface area contributed by atoms with Crippen LogP contribution in [0.2, 0.25) is 0 Å². The van der Waals surface area contributed by atoms with E-state index in [0.29, 0.717) is 31.8 Å². The molecular weight excluding hydrogens is 256 g/mol. The average Bonchev–Trinajstić information content (AvgIpc) is 2.42. The van der Waals surface area contributed by atoms with Crippen LogP contribution in [0.1, 0.15) is 46.0 Å². The summed E-state index contributed by atoms with van der Waals surface area (Å²) in [5, 5.41) is 12.1. The second kappa shape index (κ2) is 6.46. The third kappa shape index (κ3) is 3.64. The zero-order valence-electron chi connectivity index (χ0n) is 12.5. The summed E-state index contributed by atoms with van der Waals surface area (Å²) in [6.07, 6.45) is 4.54. The highest BCUT2D eigenvalue weighted by molar-refractivity contribution is 5.75. The van der Waals surface area contributed by atoms with Crippen molar-refractivity contribution in [2.24, 2.45) is 17.8 Å². The Bertz CT molecular complexity index is 364. The Hall–Kier alpha value is -1.26. The Labute approximate surface area is 120 Å². The molecule has 1 saturated heterocycles. The summed E-state index contributed by atoms with van der Waals surface area (Å²) in [7, 11) is 0. The molecule has 0 radical (unpaired) electrons. The van der Waals surface area contributed by atoms with Crippen molar-refractivity contribution in [2.75, 3.05) is 13.1 Å². The van der Waals surface area contributed by atoms with E-state index in [4.69, 9.17) is 5.11 Å². The fourth-order valence-corrected chi connectivity index (χ4v) is 3.46. The number of nitrogens with zero attached hydrogens (tertiary/aromatic N) is 1. The minimum Gasteiger partial charge on any atom is -0.481 e. The van der Waals surface area contributed by atoms with Gasteiger partial charge in [0, 0.05) is 19.1 Å². The number of carboxylic acids is 1. The lowest BCUT2D eigenvalue weighted by Crippen LogP contribution is -2.51. The Morgan fingerprint density at radius 1 is 1.10 bits per heavy atom. The van der Waals surface area contributed by atoms with Crippen LogP contribution in [-0.2, 0) is 4.79 Å². The number of nitrogens with one attached hydrogen (secondary N) is 1. The molecule has 114 valence electrons. The lowest BCUT2D eigenvalue weighted by molar-refractivity contribution is -0.143. The number of piperidine rings is 1. The highest BCUT2D eigenvalue weighted by Gasteiger charge is 2.30. The van der Waals surface area contributed by atoms with E-state index in [-0.39, 0.29) is 18.0 Å². The van der Waals surface area contributed by atoms with Crippen molar-refractivity contribution in [3.8, 4) is 0 Å². The van der Waals surface area contributed by atoms with Gasteiger partial charge >= 0.3 is 12.0 Å². The number of carbonyl (C=O) groups is 2. The molecule has 3 unspecified atom stereocenters.